The highest BCUT2D eigenvalue weighted by molar-refractivity contribution is 7.41. The summed E-state index contributed by atoms with van der Waals surface area (Å²) in [6.45, 7) is 0. The Labute approximate surface area is 291 Å². The second-order valence-electron chi connectivity index (χ2n) is 14.3. The average molecular weight is 682 g/mol. The summed E-state index contributed by atoms with van der Waals surface area (Å²) >= 11 is 8.87. The largest absolute Gasteiger partial charge is 0.378 e. The predicted octanol–water partition coefficient (Wildman–Crippen LogP) is 3.49. The van der Waals surface area contributed by atoms with E-state index in [1.807, 2.05) is 0 Å². The van der Waals surface area contributed by atoms with Gasteiger partial charge in [0.25, 0.3) is 7.38 Å². The predicted molar refractivity (Wildman–Crippen MR) is 219 cm³/mol. The van der Waals surface area contributed by atoms with E-state index in [4.69, 9.17) is 11.1 Å². The Morgan fingerprint density at radius 3 is 0.681 bits per heavy atom. The first-order chi connectivity index (χ1) is 21.7. The SMILES string of the molecule is CN(C)c1cc(N(C)C)c(N(C)C)c([Si](Cl)(c2cc(N(C)C)cc(N(C)C)c2N(C)C)c2cc(N(C)C)cc(N(C)C)c2N(C)C)c1. The van der Waals surface area contributed by atoms with Crippen molar-refractivity contribution in [1.29, 1.82) is 0 Å². The van der Waals surface area contributed by atoms with Crippen molar-refractivity contribution in [3.8, 4) is 0 Å². The number of halogens is 1. The summed E-state index contributed by atoms with van der Waals surface area (Å²) in [5.74, 6) is 0. The van der Waals surface area contributed by atoms with Crippen LogP contribution in [0.25, 0.3) is 0 Å². The van der Waals surface area contributed by atoms with Crippen molar-refractivity contribution in [1.82, 2.24) is 0 Å². The Bertz CT molecular complexity index is 1380. The molecule has 0 unspecified atom stereocenters. The van der Waals surface area contributed by atoms with Crippen LogP contribution in [-0.2, 0) is 0 Å². The van der Waals surface area contributed by atoms with Gasteiger partial charge in [-0.2, -0.15) is 0 Å². The number of hydrogen-bond donors (Lipinski definition) is 0. The zero-order chi connectivity index (χ0) is 35.9. The van der Waals surface area contributed by atoms with E-state index >= 15 is 0 Å². The molecule has 0 bridgehead atoms. The molecular formula is C36H60ClN9Si. The first-order valence-corrected chi connectivity index (χ1v) is 19.0. The molecule has 3 rings (SSSR count). The maximum absolute atomic E-state index is 8.87. The highest BCUT2D eigenvalue weighted by atomic mass is 35.6. The average Bonchev–Trinajstić information content (AvgIpc) is 2.97. The van der Waals surface area contributed by atoms with E-state index in [-0.39, 0.29) is 0 Å². The van der Waals surface area contributed by atoms with Crippen molar-refractivity contribution >= 4 is 85.2 Å². The maximum Gasteiger partial charge on any atom is 0.254 e. The summed E-state index contributed by atoms with van der Waals surface area (Å²) in [6, 6.07) is 13.8. The molecular weight excluding hydrogens is 622 g/mol. The molecule has 0 amide bonds. The zero-order valence-electron chi connectivity index (χ0n) is 32.4. The minimum Gasteiger partial charge on any atom is -0.378 e. The van der Waals surface area contributed by atoms with Gasteiger partial charge in [-0.25, -0.2) is 0 Å². The Morgan fingerprint density at radius 1 is 0.319 bits per heavy atom. The van der Waals surface area contributed by atoms with Gasteiger partial charge < -0.3 is 44.1 Å². The second kappa shape index (κ2) is 14.2. The van der Waals surface area contributed by atoms with Gasteiger partial charge in [0.15, 0.2) is 0 Å². The molecule has 0 fully saturated rings. The van der Waals surface area contributed by atoms with Gasteiger partial charge >= 0.3 is 0 Å². The summed E-state index contributed by atoms with van der Waals surface area (Å²) in [5.41, 5.74) is 10.1. The van der Waals surface area contributed by atoms with Crippen LogP contribution >= 0.6 is 11.1 Å². The highest BCUT2D eigenvalue weighted by Crippen LogP contribution is 2.40. The Kier molecular flexibility index (Phi) is 11.5. The maximum atomic E-state index is 8.87. The van der Waals surface area contributed by atoms with E-state index in [0.29, 0.717) is 0 Å². The van der Waals surface area contributed by atoms with E-state index < -0.39 is 7.38 Å². The van der Waals surface area contributed by atoms with Crippen molar-refractivity contribution in [3.05, 3.63) is 36.4 Å². The standard InChI is InChI=1S/C36H60ClN9Si/c1-38(2)25-19-28(41(7)8)34(44(13)14)31(22-25)47(37,32-23-26(39(3)4)20-29(42(9)10)35(32)45(15)16)33-24-27(40(5)6)21-30(43(11)12)36(33)46(17)18/h19-24H,1-18H3. The van der Waals surface area contributed by atoms with Gasteiger partial charge in [0.05, 0.1) is 34.1 Å². The molecule has 0 aliphatic rings. The Hall–Kier alpha value is -3.63. The molecule has 0 aliphatic heterocycles. The van der Waals surface area contributed by atoms with Crippen molar-refractivity contribution in [3.63, 3.8) is 0 Å². The quantitative estimate of drug-likeness (QED) is 0.162. The molecule has 0 aromatic heterocycles. The third kappa shape index (κ3) is 7.13. The van der Waals surface area contributed by atoms with Crippen molar-refractivity contribution < 1.29 is 0 Å². The van der Waals surface area contributed by atoms with E-state index in [1.165, 1.54) is 0 Å². The number of rotatable bonds is 12. The van der Waals surface area contributed by atoms with Gasteiger partial charge in [0, 0.05) is 144 Å². The molecule has 0 N–H and O–H groups in total. The number of nitrogens with zero attached hydrogens (tertiary/aromatic N) is 9. The molecule has 0 aliphatic carbocycles. The topological polar surface area (TPSA) is 29.2 Å². The third-order valence-electron chi connectivity index (χ3n) is 8.67. The summed E-state index contributed by atoms with van der Waals surface area (Å²) in [6.07, 6.45) is 0. The lowest BCUT2D eigenvalue weighted by Crippen LogP contribution is -2.65. The fourth-order valence-electron chi connectivity index (χ4n) is 6.24. The van der Waals surface area contributed by atoms with E-state index in [0.717, 1.165) is 66.7 Å². The first-order valence-electron chi connectivity index (χ1n) is 16.0. The Balaban J connectivity index is 2.92. The lowest BCUT2D eigenvalue weighted by molar-refractivity contribution is 1.06. The molecule has 0 heterocycles. The molecule has 47 heavy (non-hydrogen) atoms. The molecule has 9 nitrogen and oxygen atoms in total. The van der Waals surface area contributed by atoms with Crippen molar-refractivity contribution in [2.45, 2.75) is 0 Å². The lowest BCUT2D eigenvalue weighted by Gasteiger charge is -2.40. The lowest BCUT2D eigenvalue weighted by atomic mass is 10.2. The molecule has 3 aromatic rings. The number of hydrogen-bond acceptors (Lipinski definition) is 9. The fourth-order valence-corrected chi connectivity index (χ4v) is 11.5. The van der Waals surface area contributed by atoms with Gasteiger partial charge in [-0.1, -0.05) is 0 Å². The van der Waals surface area contributed by atoms with Crippen LogP contribution in [0.4, 0.5) is 51.2 Å². The summed E-state index contributed by atoms with van der Waals surface area (Å²) in [4.78, 5) is 19.9. The minimum atomic E-state index is -3.48. The van der Waals surface area contributed by atoms with Gasteiger partial charge in [-0.15, -0.1) is 11.1 Å². The van der Waals surface area contributed by atoms with E-state index in [2.05, 4.69) is 207 Å². The monoisotopic (exact) mass is 681 g/mol. The van der Waals surface area contributed by atoms with Crippen LogP contribution in [0, 0.1) is 0 Å². The van der Waals surface area contributed by atoms with Gasteiger partial charge in [-0.3, -0.25) is 0 Å². The van der Waals surface area contributed by atoms with E-state index in [9.17, 15) is 0 Å². The third-order valence-corrected chi connectivity index (χ3v) is 13.9. The van der Waals surface area contributed by atoms with Gasteiger partial charge in [0.1, 0.15) is 0 Å². The smallest absolute Gasteiger partial charge is 0.254 e. The molecule has 11 heteroatoms. The summed E-state index contributed by atoms with van der Waals surface area (Å²) < 4.78 is 0. The van der Waals surface area contributed by atoms with Gasteiger partial charge in [-0.05, 0) is 52.0 Å². The van der Waals surface area contributed by atoms with E-state index in [1.54, 1.807) is 0 Å². The molecule has 3 aromatic carbocycles. The molecule has 0 saturated carbocycles. The molecule has 0 spiro atoms. The summed E-state index contributed by atoms with van der Waals surface area (Å²) in [7, 11) is 34.7. The van der Waals surface area contributed by atoms with Crippen molar-refractivity contribution in [2.75, 3.05) is 171 Å². The van der Waals surface area contributed by atoms with Crippen LogP contribution in [0.5, 0.6) is 0 Å². The van der Waals surface area contributed by atoms with Crippen LogP contribution in [0.2, 0.25) is 0 Å². The van der Waals surface area contributed by atoms with Crippen LogP contribution in [0.1, 0.15) is 0 Å². The summed E-state index contributed by atoms with van der Waals surface area (Å²) in [5, 5.41) is 3.43. The first kappa shape index (κ1) is 37.8. The van der Waals surface area contributed by atoms with Crippen LogP contribution in [0.3, 0.4) is 0 Å². The molecule has 260 valence electrons. The minimum absolute atomic E-state index is 1.11. The Morgan fingerprint density at radius 2 is 0.532 bits per heavy atom. The normalized spacial score (nSPS) is 11.3. The van der Waals surface area contributed by atoms with Gasteiger partial charge in [0.2, 0.25) is 0 Å². The molecule has 0 radical (unpaired) electrons. The van der Waals surface area contributed by atoms with Crippen LogP contribution in [0.15, 0.2) is 36.4 Å². The highest BCUT2D eigenvalue weighted by Gasteiger charge is 2.47. The van der Waals surface area contributed by atoms with Crippen LogP contribution in [-0.4, -0.2) is 134 Å². The molecule has 0 atom stereocenters. The van der Waals surface area contributed by atoms with Crippen LogP contribution < -0.4 is 59.7 Å². The molecule has 0 saturated heterocycles. The number of benzene rings is 3. The fraction of sp³-hybridized carbons (Fsp3) is 0.500. The second-order valence-corrected chi connectivity index (χ2v) is 18.9. The van der Waals surface area contributed by atoms with Crippen molar-refractivity contribution in [2.24, 2.45) is 0 Å². The number of anilines is 9. The zero-order valence-corrected chi connectivity index (χ0v) is 34.1.